The van der Waals surface area contributed by atoms with Crippen LogP contribution in [0.3, 0.4) is 0 Å². The first-order chi connectivity index (χ1) is 19.1. The van der Waals surface area contributed by atoms with Crippen molar-refractivity contribution in [1.29, 1.82) is 5.26 Å². The molecule has 200 valence electrons. The first kappa shape index (κ1) is 27.4. The SMILES string of the molecule is CNC(=O)COc1ccccc1Oc1ccc(Nc2c(C#N)cnc3cc(OCCCCl)c(OC)cc23)cc1. The summed E-state index contributed by atoms with van der Waals surface area (Å²) in [4.78, 5) is 16.0. The fourth-order valence-corrected chi connectivity index (χ4v) is 3.78. The summed E-state index contributed by atoms with van der Waals surface area (Å²) in [5.41, 5.74) is 2.35. The van der Waals surface area contributed by atoms with E-state index in [1.165, 1.54) is 6.20 Å². The molecule has 1 heterocycles. The predicted octanol–water partition coefficient (Wildman–Crippen LogP) is 5.78. The molecule has 3 aromatic carbocycles. The number of nitrogens with zero attached hydrogens (tertiary/aromatic N) is 2. The van der Waals surface area contributed by atoms with Crippen LogP contribution in [0, 0.1) is 11.3 Å². The van der Waals surface area contributed by atoms with Crippen LogP contribution in [0.25, 0.3) is 10.9 Å². The number of halogens is 1. The van der Waals surface area contributed by atoms with Gasteiger partial charge in [0.05, 0.1) is 30.5 Å². The molecular formula is C29H27ClN4O5. The maximum atomic E-state index is 11.6. The normalized spacial score (nSPS) is 10.4. The molecule has 0 atom stereocenters. The highest BCUT2D eigenvalue weighted by Gasteiger charge is 2.15. The molecule has 0 aliphatic rings. The van der Waals surface area contributed by atoms with Crippen LogP contribution in [-0.4, -0.2) is 44.1 Å². The number of ether oxygens (including phenoxy) is 4. The molecule has 39 heavy (non-hydrogen) atoms. The van der Waals surface area contributed by atoms with Gasteiger partial charge in [-0.3, -0.25) is 9.78 Å². The van der Waals surface area contributed by atoms with E-state index in [9.17, 15) is 10.1 Å². The van der Waals surface area contributed by atoms with E-state index in [1.807, 2.05) is 18.2 Å². The third kappa shape index (κ3) is 6.80. The number of para-hydroxylation sites is 2. The van der Waals surface area contributed by atoms with Gasteiger partial charge in [-0.05, 0) is 48.9 Å². The second-order valence-corrected chi connectivity index (χ2v) is 8.61. The highest BCUT2D eigenvalue weighted by molar-refractivity contribution is 6.17. The number of anilines is 2. The number of methoxy groups -OCH3 is 1. The van der Waals surface area contributed by atoms with Gasteiger partial charge in [-0.2, -0.15) is 5.26 Å². The summed E-state index contributed by atoms with van der Waals surface area (Å²) in [5, 5.41) is 16.3. The Kier molecular flexibility index (Phi) is 9.27. The molecule has 2 N–H and O–H groups in total. The number of nitrogens with one attached hydrogen (secondary N) is 2. The van der Waals surface area contributed by atoms with Crippen LogP contribution in [0.15, 0.2) is 66.9 Å². The number of amides is 1. The summed E-state index contributed by atoms with van der Waals surface area (Å²) in [6.07, 6.45) is 2.22. The van der Waals surface area contributed by atoms with Crippen LogP contribution >= 0.6 is 11.6 Å². The lowest BCUT2D eigenvalue weighted by Gasteiger charge is -2.16. The average Bonchev–Trinajstić information content (AvgIpc) is 2.97. The molecule has 4 aromatic rings. The summed E-state index contributed by atoms with van der Waals surface area (Å²) in [6.45, 7) is 0.332. The lowest BCUT2D eigenvalue weighted by Crippen LogP contribution is -2.24. The second kappa shape index (κ2) is 13.2. The van der Waals surface area contributed by atoms with Crippen LogP contribution in [0.4, 0.5) is 11.4 Å². The van der Waals surface area contributed by atoms with Crippen molar-refractivity contribution in [2.75, 3.05) is 38.6 Å². The van der Waals surface area contributed by atoms with E-state index in [0.717, 1.165) is 5.69 Å². The Morgan fingerprint density at radius 1 is 1.03 bits per heavy atom. The molecule has 0 aliphatic carbocycles. The quantitative estimate of drug-likeness (QED) is 0.170. The van der Waals surface area contributed by atoms with E-state index >= 15 is 0 Å². The van der Waals surface area contributed by atoms with Crippen molar-refractivity contribution in [3.05, 3.63) is 72.4 Å². The molecular weight excluding hydrogens is 520 g/mol. The van der Waals surface area contributed by atoms with Gasteiger partial charge in [0, 0.05) is 36.3 Å². The minimum absolute atomic E-state index is 0.118. The zero-order valence-electron chi connectivity index (χ0n) is 21.5. The third-order valence-electron chi connectivity index (χ3n) is 5.65. The van der Waals surface area contributed by atoms with Crippen LogP contribution in [0.1, 0.15) is 12.0 Å². The first-order valence-electron chi connectivity index (χ1n) is 12.1. The largest absolute Gasteiger partial charge is 0.493 e. The van der Waals surface area contributed by atoms with Crippen molar-refractivity contribution in [3.8, 4) is 34.8 Å². The van der Waals surface area contributed by atoms with E-state index in [0.29, 0.717) is 69.8 Å². The van der Waals surface area contributed by atoms with Gasteiger partial charge in [0.25, 0.3) is 5.91 Å². The van der Waals surface area contributed by atoms with Gasteiger partial charge in [0.1, 0.15) is 11.8 Å². The van der Waals surface area contributed by atoms with Crippen molar-refractivity contribution in [3.63, 3.8) is 0 Å². The molecule has 4 rings (SSSR count). The number of carbonyl (C=O) groups excluding carboxylic acids is 1. The fraction of sp³-hybridized carbons (Fsp3) is 0.207. The maximum absolute atomic E-state index is 11.6. The van der Waals surface area contributed by atoms with Gasteiger partial charge in [-0.1, -0.05) is 12.1 Å². The lowest BCUT2D eigenvalue weighted by atomic mass is 10.1. The number of hydrogen-bond acceptors (Lipinski definition) is 8. The standard InChI is InChI=1S/C29H27ClN4O5/c1-32-28(35)18-38-24-6-3-4-7-25(24)39-21-10-8-20(9-11-21)34-29-19(16-31)17-33-23-15-27(37-13-5-12-30)26(36-2)14-22(23)29/h3-4,6-11,14-15,17H,5,12-13,18H2,1-2H3,(H,32,35)(H,33,34). The maximum Gasteiger partial charge on any atom is 0.257 e. The first-order valence-corrected chi connectivity index (χ1v) is 12.7. The van der Waals surface area contributed by atoms with Crippen LogP contribution in [0.2, 0.25) is 0 Å². The Morgan fingerprint density at radius 3 is 2.49 bits per heavy atom. The molecule has 0 saturated heterocycles. The average molecular weight is 547 g/mol. The molecule has 0 saturated carbocycles. The van der Waals surface area contributed by atoms with Crippen molar-refractivity contribution >= 4 is 39.8 Å². The number of rotatable bonds is 12. The third-order valence-corrected chi connectivity index (χ3v) is 5.91. The highest BCUT2D eigenvalue weighted by Crippen LogP contribution is 2.38. The Balaban J connectivity index is 1.57. The van der Waals surface area contributed by atoms with E-state index in [4.69, 9.17) is 30.5 Å². The Hall–Kier alpha value is -4.68. The van der Waals surface area contributed by atoms with Crippen molar-refractivity contribution < 1.29 is 23.7 Å². The number of likely N-dealkylation sites (N-methyl/N-ethyl adjacent to an activating group) is 1. The fourth-order valence-electron chi connectivity index (χ4n) is 3.68. The number of nitriles is 1. The van der Waals surface area contributed by atoms with Crippen LogP contribution < -0.4 is 29.6 Å². The number of alkyl halides is 1. The predicted molar refractivity (Wildman–Crippen MR) is 150 cm³/mol. The topological polar surface area (TPSA) is 115 Å². The summed E-state index contributed by atoms with van der Waals surface area (Å²) in [5.74, 6) is 2.83. The number of pyridine rings is 1. The van der Waals surface area contributed by atoms with E-state index < -0.39 is 0 Å². The molecule has 0 spiro atoms. The summed E-state index contributed by atoms with van der Waals surface area (Å²) >= 11 is 5.76. The number of aromatic nitrogens is 1. The minimum Gasteiger partial charge on any atom is -0.493 e. The Bertz CT molecular complexity index is 1490. The zero-order valence-corrected chi connectivity index (χ0v) is 22.2. The van der Waals surface area contributed by atoms with Crippen LogP contribution in [0.5, 0.6) is 28.7 Å². The number of fused-ring (bicyclic) bond motifs is 1. The van der Waals surface area contributed by atoms with Gasteiger partial charge in [-0.25, -0.2) is 0 Å². The molecule has 0 radical (unpaired) electrons. The molecule has 0 bridgehead atoms. The highest BCUT2D eigenvalue weighted by atomic mass is 35.5. The molecule has 0 aliphatic heterocycles. The minimum atomic E-state index is -0.242. The van der Waals surface area contributed by atoms with E-state index in [-0.39, 0.29) is 12.5 Å². The van der Waals surface area contributed by atoms with E-state index in [2.05, 4.69) is 21.7 Å². The smallest absolute Gasteiger partial charge is 0.257 e. The van der Waals surface area contributed by atoms with Crippen molar-refractivity contribution in [1.82, 2.24) is 10.3 Å². The van der Waals surface area contributed by atoms with Gasteiger partial charge in [0.2, 0.25) is 0 Å². The van der Waals surface area contributed by atoms with Crippen LogP contribution in [-0.2, 0) is 4.79 Å². The molecule has 9 nitrogen and oxygen atoms in total. The van der Waals surface area contributed by atoms with Gasteiger partial charge in [0.15, 0.2) is 29.6 Å². The molecule has 10 heteroatoms. The number of benzene rings is 3. The summed E-state index contributed by atoms with van der Waals surface area (Å²) in [7, 11) is 3.11. The Labute approximate surface area is 231 Å². The van der Waals surface area contributed by atoms with Gasteiger partial charge in [-0.15, -0.1) is 11.6 Å². The van der Waals surface area contributed by atoms with Gasteiger partial charge < -0.3 is 29.6 Å². The zero-order chi connectivity index (χ0) is 27.6. The molecule has 0 fully saturated rings. The molecule has 1 amide bonds. The van der Waals surface area contributed by atoms with Crippen molar-refractivity contribution in [2.45, 2.75) is 6.42 Å². The molecule has 0 unspecified atom stereocenters. The van der Waals surface area contributed by atoms with Crippen molar-refractivity contribution in [2.24, 2.45) is 0 Å². The molecule has 1 aromatic heterocycles. The van der Waals surface area contributed by atoms with E-state index in [1.54, 1.807) is 56.6 Å². The monoisotopic (exact) mass is 546 g/mol. The Morgan fingerprint density at radius 2 is 1.79 bits per heavy atom. The summed E-state index contributed by atoms with van der Waals surface area (Å²) < 4.78 is 22.9. The number of hydrogen-bond donors (Lipinski definition) is 2. The second-order valence-electron chi connectivity index (χ2n) is 8.23. The van der Waals surface area contributed by atoms with Gasteiger partial charge >= 0.3 is 0 Å². The lowest BCUT2D eigenvalue weighted by molar-refractivity contribution is -0.122. The summed E-state index contributed by atoms with van der Waals surface area (Å²) in [6, 6.07) is 20.1. The number of carbonyl (C=O) groups is 1.